The molecule has 28 heavy (non-hydrogen) atoms. The van der Waals surface area contributed by atoms with Gasteiger partial charge >= 0.3 is 11.9 Å². The molecule has 0 aliphatic carbocycles. The zero-order chi connectivity index (χ0) is 20.1. The summed E-state index contributed by atoms with van der Waals surface area (Å²) >= 11 is 0. The number of esters is 2. The van der Waals surface area contributed by atoms with E-state index >= 15 is 0 Å². The van der Waals surface area contributed by atoms with E-state index in [1.165, 1.54) is 6.08 Å². The first-order valence-corrected chi connectivity index (χ1v) is 8.71. The Labute approximate surface area is 162 Å². The maximum atomic E-state index is 12.2. The highest BCUT2D eigenvalue weighted by Crippen LogP contribution is 2.21. The Morgan fingerprint density at radius 1 is 1.21 bits per heavy atom. The van der Waals surface area contributed by atoms with Crippen LogP contribution in [0.25, 0.3) is 17.0 Å². The molecule has 3 aromatic rings. The van der Waals surface area contributed by atoms with Crippen molar-refractivity contribution < 1.29 is 14.3 Å². The van der Waals surface area contributed by atoms with Gasteiger partial charge in [0, 0.05) is 36.6 Å². The van der Waals surface area contributed by atoms with E-state index in [0.29, 0.717) is 11.1 Å². The van der Waals surface area contributed by atoms with E-state index in [9.17, 15) is 9.59 Å². The molecule has 1 heterocycles. The van der Waals surface area contributed by atoms with E-state index in [1.807, 2.05) is 48.1 Å². The van der Waals surface area contributed by atoms with E-state index in [-0.39, 0.29) is 6.42 Å². The van der Waals surface area contributed by atoms with Crippen molar-refractivity contribution in [1.82, 2.24) is 4.57 Å². The lowest BCUT2D eigenvalue weighted by Crippen LogP contribution is -2.35. The molecule has 0 spiro atoms. The van der Waals surface area contributed by atoms with E-state index in [2.05, 4.69) is 0 Å². The third-order valence-electron chi connectivity index (χ3n) is 4.40. The first-order chi connectivity index (χ1) is 13.5. The van der Waals surface area contributed by atoms with Crippen LogP contribution in [0.2, 0.25) is 0 Å². The summed E-state index contributed by atoms with van der Waals surface area (Å²) in [4.78, 5) is 24.1. The molecule has 0 saturated carbocycles. The van der Waals surface area contributed by atoms with Gasteiger partial charge in [-0.3, -0.25) is 0 Å². The van der Waals surface area contributed by atoms with E-state index in [1.54, 1.807) is 24.3 Å². The Hall–Kier alpha value is -3.69. The highest BCUT2D eigenvalue weighted by Gasteiger charge is 2.20. The van der Waals surface area contributed by atoms with E-state index < -0.39 is 18.0 Å². The molecule has 0 aliphatic rings. The molecule has 3 rings (SSSR count). The van der Waals surface area contributed by atoms with Gasteiger partial charge in [-0.1, -0.05) is 36.4 Å². The van der Waals surface area contributed by atoms with Gasteiger partial charge in [-0.25, -0.2) is 9.59 Å². The first-order valence-electron chi connectivity index (χ1n) is 8.71. The largest absolute Gasteiger partial charge is 0.389 e. The average Bonchev–Trinajstić information content (AvgIpc) is 3.02. The van der Waals surface area contributed by atoms with Crippen LogP contribution in [0.3, 0.4) is 0 Å². The number of benzene rings is 2. The van der Waals surface area contributed by atoms with Crippen molar-refractivity contribution in [2.75, 3.05) is 0 Å². The summed E-state index contributed by atoms with van der Waals surface area (Å²) in [6.07, 6.45) is 4.72. The molecule has 6 heteroatoms. The van der Waals surface area contributed by atoms with Crippen LogP contribution < -0.4 is 5.73 Å². The second kappa shape index (κ2) is 8.33. The van der Waals surface area contributed by atoms with Crippen LogP contribution in [0.5, 0.6) is 0 Å². The molecule has 2 aromatic carbocycles. The summed E-state index contributed by atoms with van der Waals surface area (Å²) in [6.45, 7) is 0. The van der Waals surface area contributed by atoms with Crippen LogP contribution in [0.4, 0.5) is 0 Å². The van der Waals surface area contributed by atoms with Crippen molar-refractivity contribution in [2.45, 2.75) is 12.5 Å². The fourth-order valence-corrected chi connectivity index (χ4v) is 3.02. The number of fused-ring (bicyclic) bond motifs is 1. The van der Waals surface area contributed by atoms with Gasteiger partial charge in [-0.15, -0.1) is 0 Å². The molecule has 1 atom stereocenters. The van der Waals surface area contributed by atoms with Crippen molar-refractivity contribution >= 4 is 28.9 Å². The molecule has 0 bridgehead atoms. The molecular weight excluding hydrogens is 354 g/mol. The predicted octanol–water partition coefficient (Wildman–Crippen LogP) is 2.70. The van der Waals surface area contributed by atoms with Crippen molar-refractivity contribution in [1.29, 1.82) is 5.26 Å². The normalized spacial score (nSPS) is 12.0. The Morgan fingerprint density at radius 2 is 1.93 bits per heavy atom. The van der Waals surface area contributed by atoms with E-state index in [4.69, 9.17) is 15.7 Å². The summed E-state index contributed by atoms with van der Waals surface area (Å²) in [7, 11) is 1.92. The minimum atomic E-state index is -0.963. The van der Waals surface area contributed by atoms with Crippen LogP contribution in [-0.4, -0.2) is 22.5 Å². The minimum absolute atomic E-state index is 0.258. The number of hydrogen-bond donors (Lipinski definition) is 1. The van der Waals surface area contributed by atoms with Gasteiger partial charge in [0.05, 0.1) is 11.6 Å². The maximum absolute atomic E-state index is 12.2. The summed E-state index contributed by atoms with van der Waals surface area (Å²) in [6, 6.07) is 15.7. The van der Waals surface area contributed by atoms with Gasteiger partial charge in [0.2, 0.25) is 0 Å². The molecular formula is C22H19N3O3. The predicted molar refractivity (Wildman–Crippen MR) is 106 cm³/mol. The zero-order valence-electron chi connectivity index (χ0n) is 15.3. The SMILES string of the molecule is Cn1cc(C[C@H](N)C(=O)OC(=O)C=Cc2ccccc2C#N)c2ccccc21. The monoisotopic (exact) mass is 373 g/mol. The Bertz CT molecular complexity index is 1110. The molecule has 0 amide bonds. The van der Waals surface area contributed by atoms with Crippen LogP contribution in [0.1, 0.15) is 16.7 Å². The second-order valence-electron chi connectivity index (χ2n) is 6.37. The number of rotatable bonds is 5. The fraction of sp³-hybridized carbons (Fsp3) is 0.136. The van der Waals surface area contributed by atoms with Crippen LogP contribution in [-0.2, 0) is 27.8 Å². The number of nitrogens with zero attached hydrogens (tertiary/aromatic N) is 2. The van der Waals surface area contributed by atoms with Gasteiger partial charge in [-0.05, 0) is 29.3 Å². The molecule has 0 saturated heterocycles. The molecule has 1 aromatic heterocycles. The maximum Gasteiger partial charge on any atom is 0.338 e. The van der Waals surface area contributed by atoms with Crippen molar-refractivity contribution in [3.63, 3.8) is 0 Å². The van der Waals surface area contributed by atoms with Gasteiger partial charge in [0.25, 0.3) is 0 Å². The van der Waals surface area contributed by atoms with Crippen LogP contribution in [0, 0.1) is 11.3 Å². The number of carbonyl (C=O) groups excluding carboxylic acids is 2. The van der Waals surface area contributed by atoms with Crippen molar-refractivity contribution in [3.05, 3.63) is 77.5 Å². The lowest BCUT2D eigenvalue weighted by Gasteiger charge is -2.09. The number of nitrogens with two attached hydrogens (primary N) is 1. The molecule has 0 radical (unpaired) electrons. The molecule has 0 aliphatic heterocycles. The summed E-state index contributed by atoms with van der Waals surface area (Å²) in [5.41, 5.74) is 8.88. The quantitative estimate of drug-likeness (QED) is 0.421. The highest BCUT2D eigenvalue weighted by molar-refractivity contribution is 5.96. The molecule has 0 fully saturated rings. The molecule has 140 valence electrons. The first kappa shape index (κ1) is 19.1. The number of ether oxygens (including phenoxy) is 1. The Morgan fingerprint density at radius 3 is 2.71 bits per heavy atom. The zero-order valence-corrected chi connectivity index (χ0v) is 15.3. The fourth-order valence-electron chi connectivity index (χ4n) is 3.02. The van der Waals surface area contributed by atoms with Crippen LogP contribution in [0.15, 0.2) is 60.8 Å². The number of aryl methyl sites for hydroxylation is 1. The highest BCUT2D eigenvalue weighted by atomic mass is 16.6. The Balaban J connectivity index is 1.64. The summed E-state index contributed by atoms with van der Waals surface area (Å²) < 4.78 is 6.78. The standard InChI is InChI=1S/C22H19N3O3/c1-25-14-17(18-8-4-5-9-20(18)25)12-19(24)22(27)28-21(26)11-10-15-6-2-3-7-16(15)13-23/h2-11,14,19H,12,24H2,1H3/t19-/m0/s1. The van der Waals surface area contributed by atoms with Crippen molar-refractivity contribution in [2.24, 2.45) is 12.8 Å². The average molecular weight is 373 g/mol. The van der Waals surface area contributed by atoms with Gasteiger partial charge in [0.1, 0.15) is 6.04 Å². The topological polar surface area (TPSA) is 98.1 Å². The number of carbonyl (C=O) groups is 2. The number of aromatic nitrogens is 1. The van der Waals surface area contributed by atoms with E-state index in [0.717, 1.165) is 22.5 Å². The third kappa shape index (κ3) is 4.17. The second-order valence-corrected chi connectivity index (χ2v) is 6.37. The number of hydrogen-bond acceptors (Lipinski definition) is 5. The minimum Gasteiger partial charge on any atom is -0.389 e. The molecule has 6 nitrogen and oxygen atoms in total. The van der Waals surface area contributed by atoms with Gasteiger partial charge < -0.3 is 15.0 Å². The number of nitriles is 1. The molecule has 0 unspecified atom stereocenters. The molecule has 2 N–H and O–H groups in total. The smallest absolute Gasteiger partial charge is 0.338 e. The summed E-state index contributed by atoms with van der Waals surface area (Å²) in [5.74, 6) is -1.62. The van der Waals surface area contributed by atoms with Gasteiger partial charge in [0.15, 0.2) is 0 Å². The lowest BCUT2D eigenvalue weighted by atomic mass is 10.1. The third-order valence-corrected chi connectivity index (χ3v) is 4.40. The number of para-hydroxylation sites is 1. The lowest BCUT2D eigenvalue weighted by molar-refractivity contribution is -0.157. The van der Waals surface area contributed by atoms with Crippen molar-refractivity contribution in [3.8, 4) is 6.07 Å². The van der Waals surface area contributed by atoms with Gasteiger partial charge in [-0.2, -0.15) is 5.26 Å². The van der Waals surface area contributed by atoms with Crippen LogP contribution >= 0.6 is 0 Å². The summed E-state index contributed by atoms with van der Waals surface area (Å²) in [5, 5.41) is 10.1. The Kier molecular flexibility index (Phi) is 5.68.